The van der Waals surface area contributed by atoms with E-state index in [4.69, 9.17) is 37.6 Å². The van der Waals surface area contributed by atoms with Crippen LogP contribution < -0.4 is 22.5 Å². The van der Waals surface area contributed by atoms with Gasteiger partial charge in [-0.1, -0.05) is 48.5 Å². The molecular formula is C30H43N5O8S. The van der Waals surface area contributed by atoms with Gasteiger partial charge in [0.2, 0.25) is 0 Å². The zero-order valence-electron chi connectivity index (χ0n) is 24.6. The van der Waals surface area contributed by atoms with Crippen molar-refractivity contribution in [3.05, 3.63) is 71.9 Å². The van der Waals surface area contributed by atoms with Crippen LogP contribution >= 0.6 is 11.8 Å². The SMILES string of the molecule is CSCCC(N)C(=O)O.NC(Cc1c[nH]c2ccccc12)C(=O)O.NC(Cc1ccccc1)C(=O)O.O=C(O)C1CCCN1. The Morgan fingerprint density at radius 1 is 0.841 bits per heavy atom. The van der Waals surface area contributed by atoms with Crippen molar-refractivity contribution in [2.45, 2.75) is 56.3 Å². The molecule has 13 nitrogen and oxygen atoms in total. The summed E-state index contributed by atoms with van der Waals surface area (Å²) in [6.45, 7) is 0.858. The number of aromatic amines is 1. The van der Waals surface area contributed by atoms with Gasteiger partial charge >= 0.3 is 23.9 Å². The van der Waals surface area contributed by atoms with Crippen molar-refractivity contribution in [2.75, 3.05) is 18.6 Å². The molecule has 2 heterocycles. The molecule has 44 heavy (non-hydrogen) atoms. The second-order valence-electron chi connectivity index (χ2n) is 9.86. The van der Waals surface area contributed by atoms with Crippen molar-refractivity contribution >= 4 is 46.5 Å². The first-order valence-electron chi connectivity index (χ1n) is 13.9. The van der Waals surface area contributed by atoms with Gasteiger partial charge in [0, 0.05) is 23.5 Å². The van der Waals surface area contributed by atoms with Crippen molar-refractivity contribution in [3.63, 3.8) is 0 Å². The fourth-order valence-corrected chi connectivity index (χ4v) is 4.33. The van der Waals surface area contributed by atoms with Crippen LogP contribution in [0.15, 0.2) is 60.8 Å². The maximum Gasteiger partial charge on any atom is 0.320 e. The number of aromatic nitrogens is 1. The number of rotatable bonds is 11. The minimum absolute atomic E-state index is 0.269. The lowest BCUT2D eigenvalue weighted by Gasteiger charge is -2.04. The molecular weight excluding hydrogens is 590 g/mol. The van der Waals surface area contributed by atoms with E-state index in [9.17, 15) is 19.2 Å². The van der Waals surface area contributed by atoms with Crippen LogP contribution in [0.1, 0.15) is 30.4 Å². The summed E-state index contributed by atoms with van der Waals surface area (Å²) >= 11 is 1.60. The van der Waals surface area contributed by atoms with E-state index in [1.54, 1.807) is 11.8 Å². The largest absolute Gasteiger partial charge is 0.480 e. The maximum atomic E-state index is 10.6. The summed E-state index contributed by atoms with van der Waals surface area (Å²) < 4.78 is 0. The molecule has 1 fully saturated rings. The van der Waals surface area contributed by atoms with Crippen LogP contribution in [-0.4, -0.2) is 92.0 Å². The topological polar surface area (TPSA) is 255 Å². The fraction of sp³-hybridized carbons (Fsp3) is 0.400. The third-order valence-electron chi connectivity index (χ3n) is 6.36. The number of carboxylic acids is 4. The van der Waals surface area contributed by atoms with E-state index in [0.717, 1.165) is 47.2 Å². The van der Waals surface area contributed by atoms with Gasteiger partial charge in [0.05, 0.1) is 0 Å². The minimum atomic E-state index is -0.972. The zero-order valence-corrected chi connectivity index (χ0v) is 25.4. The molecule has 3 aromatic rings. The molecule has 0 aliphatic carbocycles. The van der Waals surface area contributed by atoms with Gasteiger partial charge in [-0.3, -0.25) is 19.2 Å². The standard InChI is InChI=1S/C11H12N2O2.C9H11NO2.C5H11NO2S.C5H9NO2/c12-9(11(14)15)5-7-6-13-10-4-2-1-3-8(7)10;10-8(9(11)12)6-7-4-2-1-3-5-7;1-9-3-2-4(6)5(7)8;7-5(8)4-2-1-3-6-4/h1-4,6,9,13H,5,12H2,(H,14,15);1-5,8H,6,10H2,(H,11,12);4H,2-3,6H2,1H3,(H,7,8);4,6H,1-3H2,(H,7,8). The smallest absolute Gasteiger partial charge is 0.320 e. The van der Waals surface area contributed by atoms with Gasteiger partial charge in [-0.25, -0.2) is 0 Å². The Morgan fingerprint density at radius 2 is 1.41 bits per heavy atom. The van der Waals surface area contributed by atoms with E-state index in [1.165, 1.54) is 0 Å². The van der Waals surface area contributed by atoms with E-state index in [1.807, 2.05) is 67.0 Å². The first-order valence-corrected chi connectivity index (χ1v) is 15.3. The van der Waals surface area contributed by atoms with E-state index in [2.05, 4.69) is 10.3 Å². The van der Waals surface area contributed by atoms with Crippen molar-refractivity contribution in [2.24, 2.45) is 17.2 Å². The van der Waals surface area contributed by atoms with Gasteiger partial charge in [-0.15, -0.1) is 0 Å². The summed E-state index contributed by atoms with van der Waals surface area (Å²) in [6, 6.07) is 14.5. The molecule has 0 spiro atoms. The summed E-state index contributed by atoms with van der Waals surface area (Å²) in [7, 11) is 0. The Balaban J connectivity index is 0.000000303. The number of aliphatic carboxylic acids is 4. The molecule has 4 rings (SSSR count). The van der Waals surface area contributed by atoms with Crippen LogP contribution in [0.3, 0.4) is 0 Å². The predicted molar refractivity (Wildman–Crippen MR) is 171 cm³/mol. The lowest BCUT2D eigenvalue weighted by Crippen LogP contribution is -2.32. The molecule has 4 atom stereocenters. The van der Waals surface area contributed by atoms with Gasteiger partial charge in [-0.2, -0.15) is 11.8 Å². The Kier molecular flexibility index (Phi) is 18.1. The summed E-state index contributed by atoms with van der Waals surface area (Å²) in [5.74, 6) is -2.75. The normalized spacial score (nSPS) is 15.6. The van der Waals surface area contributed by atoms with Crippen LogP contribution in [0, 0.1) is 0 Å². The molecule has 1 aliphatic rings. The summed E-state index contributed by atoms with van der Waals surface area (Å²) in [5, 5.41) is 37.8. The van der Waals surface area contributed by atoms with Crippen LogP contribution in [0.2, 0.25) is 0 Å². The third-order valence-corrected chi connectivity index (χ3v) is 7.00. The maximum absolute atomic E-state index is 10.6. The Labute approximate surface area is 260 Å². The van der Waals surface area contributed by atoms with Gasteiger partial charge in [0.15, 0.2) is 0 Å². The van der Waals surface area contributed by atoms with Crippen LogP contribution in [0.5, 0.6) is 0 Å². The van der Waals surface area contributed by atoms with Gasteiger partial charge in [0.25, 0.3) is 0 Å². The number of carboxylic acid groups (broad SMARTS) is 4. The van der Waals surface area contributed by atoms with Crippen LogP contribution in [0.25, 0.3) is 10.9 Å². The fourth-order valence-electron chi connectivity index (χ4n) is 3.84. The van der Waals surface area contributed by atoms with E-state index >= 15 is 0 Å². The Morgan fingerprint density at radius 3 is 1.91 bits per heavy atom. The molecule has 242 valence electrons. The molecule has 1 saturated heterocycles. The van der Waals surface area contributed by atoms with Crippen molar-refractivity contribution < 1.29 is 39.6 Å². The highest BCUT2D eigenvalue weighted by atomic mass is 32.2. The van der Waals surface area contributed by atoms with E-state index in [-0.39, 0.29) is 6.04 Å². The molecule has 0 bridgehead atoms. The number of fused-ring (bicyclic) bond motifs is 1. The quantitative estimate of drug-likeness (QED) is 0.146. The summed E-state index contributed by atoms with van der Waals surface area (Å²) in [4.78, 5) is 44.3. The average molecular weight is 634 g/mol. The second-order valence-corrected chi connectivity index (χ2v) is 10.8. The molecule has 1 aliphatic heterocycles. The zero-order chi connectivity index (χ0) is 33.1. The summed E-state index contributed by atoms with van der Waals surface area (Å²) in [6.07, 6.45) is 6.81. The number of thioether (sulfide) groups is 1. The number of carbonyl (C=O) groups is 4. The molecule has 2 aromatic carbocycles. The number of hydrogen-bond acceptors (Lipinski definition) is 9. The number of para-hydroxylation sites is 1. The van der Waals surface area contributed by atoms with Gasteiger partial charge in [0.1, 0.15) is 24.2 Å². The van der Waals surface area contributed by atoms with Gasteiger partial charge in [-0.05, 0) is 61.4 Å². The molecule has 0 amide bonds. The van der Waals surface area contributed by atoms with Gasteiger partial charge < -0.3 is 47.9 Å². The number of H-pyrrole nitrogens is 1. The average Bonchev–Trinajstić information content (AvgIpc) is 3.68. The van der Waals surface area contributed by atoms with Crippen molar-refractivity contribution in [1.82, 2.24) is 10.3 Å². The minimum Gasteiger partial charge on any atom is -0.480 e. The lowest BCUT2D eigenvalue weighted by molar-refractivity contribution is -0.139. The Bertz CT molecular complexity index is 1300. The number of nitrogens with two attached hydrogens (primary N) is 3. The molecule has 12 N–H and O–H groups in total. The molecule has 0 saturated carbocycles. The highest BCUT2D eigenvalue weighted by molar-refractivity contribution is 7.98. The number of nitrogens with one attached hydrogen (secondary N) is 2. The monoisotopic (exact) mass is 633 g/mol. The Hall–Kier alpha value is -3.95. The predicted octanol–water partition coefficient (Wildman–Crippen LogP) is 1.74. The van der Waals surface area contributed by atoms with Crippen LogP contribution in [-0.2, 0) is 32.0 Å². The number of benzene rings is 2. The molecule has 14 heteroatoms. The number of hydrogen-bond donors (Lipinski definition) is 9. The van der Waals surface area contributed by atoms with E-state index < -0.39 is 42.0 Å². The summed E-state index contributed by atoms with van der Waals surface area (Å²) in [5.41, 5.74) is 18.9. The third kappa shape index (κ3) is 15.0. The molecule has 0 radical (unpaired) electrons. The van der Waals surface area contributed by atoms with Crippen LogP contribution in [0.4, 0.5) is 0 Å². The van der Waals surface area contributed by atoms with Crippen molar-refractivity contribution in [1.29, 1.82) is 0 Å². The highest BCUT2D eigenvalue weighted by Crippen LogP contribution is 2.18. The first-order chi connectivity index (χ1) is 20.9. The second kappa shape index (κ2) is 20.9. The van der Waals surface area contributed by atoms with E-state index in [0.29, 0.717) is 19.3 Å². The van der Waals surface area contributed by atoms with Crippen molar-refractivity contribution in [3.8, 4) is 0 Å². The lowest BCUT2D eigenvalue weighted by atomic mass is 10.1. The molecule has 1 aromatic heterocycles. The first kappa shape index (κ1) is 38.1. The molecule has 4 unspecified atom stereocenters. The highest BCUT2D eigenvalue weighted by Gasteiger charge is 2.20.